The summed E-state index contributed by atoms with van der Waals surface area (Å²) < 4.78 is 0. The average Bonchev–Trinajstić information content (AvgIpc) is 2.19. The molecule has 0 amide bonds. The molecule has 1 N–H and O–H groups in total. The van der Waals surface area contributed by atoms with E-state index in [9.17, 15) is 4.79 Å². The van der Waals surface area contributed by atoms with Crippen LogP contribution in [0.15, 0.2) is 16.9 Å². The Labute approximate surface area is 82.9 Å². The van der Waals surface area contributed by atoms with E-state index in [1.807, 2.05) is 6.07 Å². The van der Waals surface area contributed by atoms with Crippen molar-refractivity contribution < 1.29 is 0 Å². The first-order chi connectivity index (χ1) is 6.75. The second-order valence-electron chi connectivity index (χ2n) is 3.95. The van der Waals surface area contributed by atoms with Crippen LogP contribution in [0.2, 0.25) is 0 Å². The molecule has 1 aromatic heterocycles. The van der Waals surface area contributed by atoms with Gasteiger partial charge in [0.05, 0.1) is 5.69 Å². The molecule has 0 spiro atoms. The molecule has 0 radical (unpaired) electrons. The molecule has 4 heteroatoms. The predicted molar refractivity (Wildman–Crippen MR) is 54.3 cm³/mol. The molecular weight excluding hydrogens is 178 g/mol. The molecule has 1 unspecified atom stereocenters. The lowest BCUT2D eigenvalue weighted by molar-refractivity contribution is 0.248. The highest BCUT2D eigenvalue weighted by molar-refractivity contribution is 5.08. The summed E-state index contributed by atoms with van der Waals surface area (Å²) in [6.07, 6.45) is 2.38. The second-order valence-corrected chi connectivity index (χ2v) is 3.95. The van der Waals surface area contributed by atoms with Gasteiger partial charge < -0.3 is 4.90 Å². The van der Waals surface area contributed by atoms with Crippen LogP contribution in [0.1, 0.15) is 24.5 Å². The van der Waals surface area contributed by atoms with E-state index < -0.39 is 0 Å². The van der Waals surface area contributed by atoms with Crippen LogP contribution in [0.4, 0.5) is 0 Å². The van der Waals surface area contributed by atoms with Crippen molar-refractivity contribution >= 4 is 0 Å². The van der Waals surface area contributed by atoms with Crippen LogP contribution in [0.5, 0.6) is 0 Å². The van der Waals surface area contributed by atoms with Gasteiger partial charge in [-0.25, -0.2) is 5.10 Å². The van der Waals surface area contributed by atoms with E-state index in [1.165, 1.54) is 19.4 Å². The maximum Gasteiger partial charge on any atom is 0.264 e. The Morgan fingerprint density at radius 2 is 2.43 bits per heavy atom. The monoisotopic (exact) mass is 193 g/mol. The standard InChI is InChI=1S/C10H15N3O/c1-13-6-2-3-8(7-13)9-4-5-10(14)12-11-9/h4-5,8H,2-3,6-7H2,1H3,(H,12,14). The van der Waals surface area contributed by atoms with Crippen LogP contribution in [0.25, 0.3) is 0 Å². The Hall–Kier alpha value is -1.16. The number of likely N-dealkylation sites (tertiary alicyclic amines) is 1. The highest BCUT2D eigenvalue weighted by Gasteiger charge is 2.19. The first-order valence-corrected chi connectivity index (χ1v) is 5.00. The lowest BCUT2D eigenvalue weighted by Crippen LogP contribution is -2.31. The molecule has 2 rings (SSSR count). The minimum absolute atomic E-state index is 0.127. The number of nitrogens with one attached hydrogen (secondary N) is 1. The van der Waals surface area contributed by atoms with Gasteiger partial charge in [-0.1, -0.05) is 0 Å². The Morgan fingerprint density at radius 1 is 1.57 bits per heavy atom. The Balaban J connectivity index is 2.14. The van der Waals surface area contributed by atoms with Gasteiger partial charge in [0.15, 0.2) is 0 Å². The van der Waals surface area contributed by atoms with E-state index in [4.69, 9.17) is 0 Å². The van der Waals surface area contributed by atoms with Gasteiger partial charge in [-0.3, -0.25) is 4.79 Å². The van der Waals surface area contributed by atoms with Crippen LogP contribution in [0.3, 0.4) is 0 Å². The number of hydrogen-bond acceptors (Lipinski definition) is 3. The maximum absolute atomic E-state index is 10.8. The molecule has 1 fully saturated rings. The van der Waals surface area contributed by atoms with Crippen LogP contribution < -0.4 is 5.56 Å². The molecule has 1 saturated heterocycles. The molecule has 4 nitrogen and oxygen atoms in total. The topological polar surface area (TPSA) is 49.0 Å². The number of aromatic amines is 1. The average molecular weight is 193 g/mol. The third kappa shape index (κ3) is 2.01. The van der Waals surface area contributed by atoms with Crippen LogP contribution in [-0.4, -0.2) is 35.2 Å². The number of likely N-dealkylation sites (N-methyl/N-ethyl adjacent to an activating group) is 1. The van der Waals surface area contributed by atoms with Crippen molar-refractivity contribution in [2.24, 2.45) is 0 Å². The molecule has 1 aromatic rings. The number of hydrogen-bond donors (Lipinski definition) is 1. The highest BCUT2D eigenvalue weighted by atomic mass is 16.1. The molecular formula is C10H15N3O. The number of H-pyrrole nitrogens is 1. The van der Waals surface area contributed by atoms with Crippen molar-refractivity contribution in [2.75, 3.05) is 20.1 Å². The van der Waals surface area contributed by atoms with Gasteiger partial charge in [-0.15, -0.1) is 0 Å². The van der Waals surface area contributed by atoms with Gasteiger partial charge in [-0.05, 0) is 32.5 Å². The van der Waals surface area contributed by atoms with Crippen molar-refractivity contribution in [3.63, 3.8) is 0 Å². The van der Waals surface area contributed by atoms with Gasteiger partial charge >= 0.3 is 0 Å². The number of aromatic nitrogens is 2. The summed E-state index contributed by atoms with van der Waals surface area (Å²) in [4.78, 5) is 13.1. The zero-order valence-corrected chi connectivity index (χ0v) is 8.36. The largest absolute Gasteiger partial charge is 0.306 e. The van der Waals surface area contributed by atoms with E-state index >= 15 is 0 Å². The fraction of sp³-hybridized carbons (Fsp3) is 0.600. The first-order valence-electron chi connectivity index (χ1n) is 5.00. The van der Waals surface area contributed by atoms with Gasteiger partial charge in [0, 0.05) is 18.5 Å². The van der Waals surface area contributed by atoms with Crippen molar-refractivity contribution in [3.8, 4) is 0 Å². The first kappa shape index (κ1) is 9.40. The fourth-order valence-corrected chi connectivity index (χ4v) is 1.99. The summed E-state index contributed by atoms with van der Waals surface area (Å²) in [7, 11) is 2.12. The maximum atomic E-state index is 10.8. The SMILES string of the molecule is CN1CCCC(c2ccc(=O)[nH]n2)C1. The molecule has 1 atom stereocenters. The Kier molecular flexibility index (Phi) is 2.63. The van der Waals surface area contributed by atoms with Crippen molar-refractivity contribution in [1.29, 1.82) is 0 Å². The minimum atomic E-state index is -0.127. The second kappa shape index (κ2) is 3.92. The van der Waals surface area contributed by atoms with E-state index in [0.29, 0.717) is 5.92 Å². The molecule has 2 heterocycles. The summed E-state index contributed by atoms with van der Waals surface area (Å²) in [5.74, 6) is 0.477. The molecule has 0 saturated carbocycles. The van der Waals surface area contributed by atoms with Gasteiger partial charge in [0.1, 0.15) is 0 Å². The van der Waals surface area contributed by atoms with E-state index in [2.05, 4.69) is 22.1 Å². The number of piperidine rings is 1. The molecule has 76 valence electrons. The zero-order valence-electron chi connectivity index (χ0n) is 8.36. The van der Waals surface area contributed by atoms with Crippen molar-refractivity contribution in [1.82, 2.24) is 15.1 Å². The molecule has 0 aromatic carbocycles. The summed E-state index contributed by atoms with van der Waals surface area (Å²) in [6, 6.07) is 3.39. The molecule has 0 bridgehead atoms. The molecule has 0 aliphatic carbocycles. The number of nitrogens with zero attached hydrogens (tertiary/aromatic N) is 2. The third-order valence-corrected chi connectivity index (χ3v) is 2.74. The quantitative estimate of drug-likeness (QED) is 0.709. The summed E-state index contributed by atoms with van der Waals surface area (Å²) in [5, 5.41) is 6.56. The van der Waals surface area contributed by atoms with Crippen molar-refractivity contribution in [3.05, 3.63) is 28.2 Å². The van der Waals surface area contributed by atoms with Gasteiger partial charge in [0.2, 0.25) is 0 Å². The smallest absolute Gasteiger partial charge is 0.264 e. The van der Waals surface area contributed by atoms with Crippen LogP contribution in [-0.2, 0) is 0 Å². The van der Waals surface area contributed by atoms with Crippen LogP contribution >= 0.6 is 0 Å². The highest BCUT2D eigenvalue weighted by Crippen LogP contribution is 2.23. The molecule has 14 heavy (non-hydrogen) atoms. The van der Waals surface area contributed by atoms with E-state index in [0.717, 1.165) is 12.2 Å². The normalized spacial score (nSPS) is 23.6. The summed E-state index contributed by atoms with van der Waals surface area (Å²) in [5.41, 5.74) is 0.883. The summed E-state index contributed by atoms with van der Waals surface area (Å²) >= 11 is 0. The zero-order chi connectivity index (χ0) is 9.97. The van der Waals surface area contributed by atoms with E-state index in [1.54, 1.807) is 6.07 Å². The van der Waals surface area contributed by atoms with Gasteiger partial charge in [0.25, 0.3) is 5.56 Å². The molecule has 1 aliphatic rings. The van der Waals surface area contributed by atoms with Gasteiger partial charge in [-0.2, -0.15) is 5.10 Å². The Morgan fingerprint density at radius 3 is 3.07 bits per heavy atom. The third-order valence-electron chi connectivity index (χ3n) is 2.74. The lowest BCUT2D eigenvalue weighted by Gasteiger charge is -2.28. The summed E-state index contributed by atoms with van der Waals surface area (Å²) in [6.45, 7) is 2.21. The number of rotatable bonds is 1. The molecule has 1 aliphatic heterocycles. The van der Waals surface area contributed by atoms with Crippen molar-refractivity contribution in [2.45, 2.75) is 18.8 Å². The lowest BCUT2D eigenvalue weighted by atomic mass is 9.95. The van der Waals surface area contributed by atoms with Crippen LogP contribution in [0, 0.1) is 0 Å². The minimum Gasteiger partial charge on any atom is -0.306 e. The Bertz CT molecular complexity index is 340. The van der Waals surface area contributed by atoms with E-state index in [-0.39, 0.29) is 5.56 Å². The predicted octanol–water partition coefficient (Wildman–Crippen LogP) is 0.579. The fourth-order valence-electron chi connectivity index (χ4n) is 1.99.